The summed E-state index contributed by atoms with van der Waals surface area (Å²) in [6, 6.07) is 11.6. The fourth-order valence-electron chi connectivity index (χ4n) is 4.19. The van der Waals surface area contributed by atoms with Gasteiger partial charge in [0.2, 0.25) is 5.91 Å². The summed E-state index contributed by atoms with van der Waals surface area (Å²) in [6.45, 7) is 3.60. The summed E-state index contributed by atoms with van der Waals surface area (Å²) in [6.07, 6.45) is -7.65. The Morgan fingerprint density at radius 1 is 1.12 bits per heavy atom. The van der Waals surface area contributed by atoms with E-state index in [4.69, 9.17) is 0 Å². The van der Waals surface area contributed by atoms with Gasteiger partial charge < -0.3 is 20.4 Å². The molecule has 34 heavy (non-hydrogen) atoms. The van der Waals surface area contributed by atoms with Crippen molar-refractivity contribution in [1.82, 2.24) is 15.5 Å². The first-order valence-electron chi connectivity index (χ1n) is 10.9. The molecule has 4 N–H and O–H groups in total. The summed E-state index contributed by atoms with van der Waals surface area (Å²) < 4.78 is 39.4. The molecule has 184 valence electrons. The molecule has 2 amide bonds. The third kappa shape index (κ3) is 6.06. The average Bonchev–Trinajstić information content (AvgIpc) is 3.09. The van der Waals surface area contributed by atoms with E-state index in [1.807, 2.05) is 13.8 Å². The summed E-state index contributed by atoms with van der Waals surface area (Å²) in [5.74, 6) is -0.624. The molecule has 1 fully saturated rings. The Bertz CT molecular complexity index is 1000. The number of halogens is 3. The average molecular weight is 479 g/mol. The smallest absolute Gasteiger partial charge is 0.416 e. The second kappa shape index (κ2) is 10.4. The van der Waals surface area contributed by atoms with E-state index in [0.29, 0.717) is 5.56 Å². The Morgan fingerprint density at radius 3 is 2.35 bits per heavy atom. The topological polar surface area (TPSA) is 102 Å². The van der Waals surface area contributed by atoms with Crippen molar-refractivity contribution in [2.24, 2.45) is 5.92 Å². The number of hydrogen-bond donors (Lipinski definition) is 4. The van der Waals surface area contributed by atoms with Gasteiger partial charge in [0.25, 0.3) is 0 Å². The minimum atomic E-state index is -4.51. The fourth-order valence-corrected chi connectivity index (χ4v) is 4.19. The lowest BCUT2D eigenvalue weighted by atomic mass is 9.96. The van der Waals surface area contributed by atoms with Crippen LogP contribution >= 0.6 is 0 Å². The van der Waals surface area contributed by atoms with Crippen molar-refractivity contribution in [2.45, 2.75) is 57.3 Å². The van der Waals surface area contributed by atoms with E-state index < -0.39 is 48.1 Å². The molecule has 1 heterocycles. The highest BCUT2D eigenvalue weighted by Crippen LogP contribution is 2.31. The van der Waals surface area contributed by atoms with E-state index in [2.05, 4.69) is 10.6 Å². The lowest BCUT2D eigenvalue weighted by Gasteiger charge is -2.27. The quantitative estimate of drug-likeness (QED) is 0.466. The normalized spacial score (nSPS) is 20.4. The zero-order valence-corrected chi connectivity index (χ0v) is 18.8. The molecule has 2 aromatic carbocycles. The minimum Gasteiger partial charge on any atom is -0.465 e. The molecule has 2 aromatic rings. The monoisotopic (exact) mass is 479 g/mol. The number of carbonyl (C=O) groups excluding carboxylic acids is 1. The minimum absolute atomic E-state index is 0.0858. The van der Waals surface area contributed by atoms with Crippen molar-refractivity contribution in [1.29, 1.82) is 0 Å². The van der Waals surface area contributed by atoms with Crippen LogP contribution in [0.3, 0.4) is 0 Å². The van der Waals surface area contributed by atoms with Gasteiger partial charge in [-0.05, 0) is 35.6 Å². The van der Waals surface area contributed by atoms with Gasteiger partial charge in [-0.25, -0.2) is 4.79 Å². The van der Waals surface area contributed by atoms with Crippen LogP contribution in [-0.2, 0) is 23.9 Å². The van der Waals surface area contributed by atoms with Crippen LogP contribution in [-0.4, -0.2) is 51.5 Å². The molecule has 1 aliphatic rings. The van der Waals surface area contributed by atoms with Crippen LogP contribution in [0.4, 0.5) is 18.0 Å². The zero-order chi connectivity index (χ0) is 25.0. The molecule has 0 radical (unpaired) electrons. The summed E-state index contributed by atoms with van der Waals surface area (Å²) in [5, 5.41) is 25.7. The van der Waals surface area contributed by atoms with Crippen molar-refractivity contribution in [3.8, 4) is 0 Å². The maximum absolute atomic E-state index is 13.3. The van der Waals surface area contributed by atoms with E-state index in [1.54, 1.807) is 30.3 Å². The number of alkyl halides is 3. The number of amides is 2. The standard InChI is InChI=1S/C24H28F3N3O4/c1-14(2)21-29-19(20(31)18(28-23(33)34)12-15-7-4-3-5-8-15)22(32)30(21)13-16-9-6-10-17(11-16)24(25,26)27/h3-11,14,18-21,28-29,31H,12-13H2,1-2H3,(H,33,34)/t18-,19-,20+,21?/m0/s1. The number of carbonyl (C=O) groups is 2. The third-order valence-corrected chi connectivity index (χ3v) is 5.84. The number of carboxylic acid groups (broad SMARTS) is 1. The van der Waals surface area contributed by atoms with Gasteiger partial charge >= 0.3 is 12.3 Å². The first-order valence-corrected chi connectivity index (χ1v) is 10.9. The Morgan fingerprint density at radius 2 is 1.76 bits per heavy atom. The Balaban J connectivity index is 1.83. The number of aliphatic hydroxyl groups is 1. The van der Waals surface area contributed by atoms with E-state index in [1.165, 1.54) is 17.0 Å². The van der Waals surface area contributed by atoms with Crippen molar-refractivity contribution in [3.05, 3.63) is 71.3 Å². The van der Waals surface area contributed by atoms with Gasteiger partial charge in [-0.3, -0.25) is 10.1 Å². The van der Waals surface area contributed by atoms with Crippen LogP contribution in [0, 0.1) is 5.92 Å². The molecule has 0 aromatic heterocycles. The Kier molecular flexibility index (Phi) is 7.83. The lowest BCUT2D eigenvalue weighted by Crippen LogP contribution is -2.55. The second-order valence-electron chi connectivity index (χ2n) is 8.73. The largest absolute Gasteiger partial charge is 0.465 e. The molecule has 0 spiro atoms. The van der Waals surface area contributed by atoms with Crippen molar-refractivity contribution < 1.29 is 33.0 Å². The first kappa shape index (κ1) is 25.5. The van der Waals surface area contributed by atoms with Crippen LogP contribution in [0.5, 0.6) is 0 Å². The van der Waals surface area contributed by atoms with Gasteiger partial charge in [0, 0.05) is 6.54 Å². The number of aliphatic hydroxyl groups excluding tert-OH is 1. The molecule has 0 aliphatic carbocycles. The van der Waals surface area contributed by atoms with Crippen LogP contribution in [0.15, 0.2) is 54.6 Å². The molecule has 1 unspecified atom stereocenters. The van der Waals surface area contributed by atoms with E-state index in [0.717, 1.165) is 17.7 Å². The number of benzene rings is 2. The van der Waals surface area contributed by atoms with Gasteiger partial charge in [0.15, 0.2) is 0 Å². The third-order valence-electron chi connectivity index (χ3n) is 5.84. The lowest BCUT2D eigenvalue weighted by molar-refractivity contribution is -0.137. The molecule has 7 nitrogen and oxygen atoms in total. The molecule has 0 bridgehead atoms. The maximum Gasteiger partial charge on any atom is 0.416 e. The maximum atomic E-state index is 13.3. The van der Waals surface area contributed by atoms with Gasteiger partial charge in [-0.15, -0.1) is 0 Å². The predicted octanol–water partition coefficient (Wildman–Crippen LogP) is 3.23. The second-order valence-corrected chi connectivity index (χ2v) is 8.73. The fraction of sp³-hybridized carbons (Fsp3) is 0.417. The highest BCUT2D eigenvalue weighted by atomic mass is 19.4. The summed E-state index contributed by atoms with van der Waals surface area (Å²) in [7, 11) is 0. The van der Waals surface area contributed by atoms with E-state index in [9.17, 15) is 33.0 Å². The van der Waals surface area contributed by atoms with Crippen molar-refractivity contribution >= 4 is 12.0 Å². The number of nitrogens with zero attached hydrogens (tertiary/aromatic N) is 1. The predicted molar refractivity (Wildman–Crippen MR) is 119 cm³/mol. The van der Waals surface area contributed by atoms with E-state index >= 15 is 0 Å². The zero-order valence-electron chi connectivity index (χ0n) is 18.8. The molecule has 10 heteroatoms. The number of nitrogens with one attached hydrogen (secondary N) is 2. The summed E-state index contributed by atoms with van der Waals surface area (Å²) in [4.78, 5) is 26.1. The Hall–Kier alpha value is -3.11. The molecular weight excluding hydrogens is 451 g/mol. The van der Waals surface area contributed by atoms with Gasteiger partial charge in [0.1, 0.15) is 6.04 Å². The molecule has 0 saturated carbocycles. The van der Waals surface area contributed by atoms with Crippen molar-refractivity contribution in [2.75, 3.05) is 0 Å². The SMILES string of the molecule is CC(C)C1N[C@@H]([C@H](O)[C@H](Cc2ccccc2)NC(=O)O)C(=O)N1Cc1cccc(C(F)(F)F)c1. The molecule has 1 saturated heterocycles. The van der Waals surface area contributed by atoms with Gasteiger partial charge in [-0.2, -0.15) is 13.2 Å². The van der Waals surface area contributed by atoms with Gasteiger partial charge in [-0.1, -0.05) is 56.3 Å². The summed E-state index contributed by atoms with van der Waals surface area (Å²) >= 11 is 0. The van der Waals surface area contributed by atoms with Crippen LogP contribution in [0.2, 0.25) is 0 Å². The first-order chi connectivity index (χ1) is 16.0. The number of hydrogen-bond acceptors (Lipinski definition) is 4. The van der Waals surface area contributed by atoms with Crippen molar-refractivity contribution in [3.63, 3.8) is 0 Å². The highest BCUT2D eigenvalue weighted by molar-refractivity contribution is 5.85. The van der Waals surface area contributed by atoms with E-state index in [-0.39, 0.29) is 18.9 Å². The summed E-state index contributed by atoms with van der Waals surface area (Å²) in [5.41, 5.74) is 0.262. The van der Waals surface area contributed by atoms with Crippen LogP contribution < -0.4 is 10.6 Å². The molecule has 3 rings (SSSR count). The highest BCUT2D eigenvalue weighted by Gasteiger charge is 2.46. The molecule has 4 atom stereocenters. The molecule has 1 aliphatic heterocycles. The Labute approximate surface area is 195 Å². The van der Waals surface area contributed by atoms with Crippen LogP contribution in [0.25, 0.3) is 0 Å². The number of rotatable bonds is 8. The molecular formula is C24H28F3N3O4. The van der Waals surface area contributed by atoms with Gasteiger partial charge in [0.05, 0.1) is 23.9 Å². The van der Waals surface area contributed by atoms with Crippen LogP contribution in [0.1, 0.15) is 30.5 Å².